The minimum Gasteiger partial charge on any atom is -0.343 e. The van der Waals surface area contributed by atoms with Crippen molar-refractivity contribution in [1.82, 2.24) is 10.2 Å². The molecule has 0 aromatic heterocycles. The molecule has 1 aliphatic rings. The number of amides is 3. The van der Waals surface area contributed by atoms with Crippen molar-refractivity contribution in [3.8, 4) is 6.07 Å². The van der Waals surface area contributed by atoms with Crippen molar-refractivity contribution in [3.05, 3.63) is 29.8 Å². The van der Waals surface area contributed by atoms with Gasteiger partial charge >= 0.3 is 6.03 Å². The Balaban J connectivity index is 1.65. The SMILES string of the molecule is N#Cc1ccc(NC(=O)NCCCN2CCCC2=O)cc1. The quantitative estimate of drug-likeness (QED) is 0.808. The van der Waals surface area contributed by atoms with E-state index in [2.05, 4.69) is 10.6 Å². The van der Waals surface area contributed by atoms with E-state index in [1.54, 1.807) is 24.3 Å². The lowest BCUT2D eigenvalue weighted by atomic mass is 10.2. The summed E-state index contributed by atoms with van der Waals surface area (Å²) in [5.41, 5.74) is 1.19. The van der Waals surface area contributed by atoms with Gasteiger partial charge in [0.05, 0.1) is 11.6 Å². The van der Waals surface area contributed by atoms with Crippen molar-refractivity contribution >= 4 is 17.6 Å². The fourth-order valence-corrected chi connectivity index (χ4v) is 2.22. The molecule has 0 atom stereocenters. The van der Waals surface area contributed by atoms with Gasteiger partial charge < -0.3 is 15.5 Å². The first-order valence-electron chi connectivity index (χ1n) is 7.02. The third-order valence-corrected chi connectivity index (χ3v) is 3.33. The zero-order chi connectivity index (χ0) is 15.1. The lowest BCUT2D eigenvalue weighted by Crippen LogP contribution is -2.32. The summed E-state index contributed by atoms with van der Waals surface area (Å²) in [5, 5.41) is 14.1. The number of carbonyl (C=O) groups is 2. The predicted octanol–water partition coefficient (Wildman–Crippen LogP) is 1.69. The first kappa shape index (κ1) is 14.9. The van der Waals surface area contributed by atoms with Gasteiger partial charge in [-0.05, 0) is 37.1 Å². The molecule has 0 spiro atoms. The Kier molecular flexibility index (Phi) is 5.16. The van der Waals surface area contributed by atoms with E-state index in [0.717, 1.165) is 19.4 Å². The van der Waals surface area contributed by atoms with Crippen LogP contribution in [0.4, 0.5) is 10.5 Å². The predicted molar refractivity (Wildman–Crippen MR) is 78.6 cm³/mol. The second kappa shape index (κ2) is 7.29. The van der Waals surface area contributed by atoms with E-state index < -0.39 is 0 Å². The lowest BCUT2D eigenvalue weighted by molar-refractivity contribution is -0.127. The molecule has 0 bridgehead atoms. The Morgan fingerprint density at radius 3 is 2.71 bits per heavy atom. The van der Waals surface area contributed by atoms with Crippen molar-refractivity contribution in [1.29, 1.82) is 5.26 Å². The molecule has 1 aliphatic heterocycles. The van der Waals surface area contributed by atoms with Gasteiger partial charge in [0.15, 0.2) is 0 Å². The maximum absolute atomic E-state index is 11.7. The van der Waals surface area contributed by atoms with Crippen molar-refractivity contribution in [2.24, 2.45) is 0 Å². The number of anilines is 1. The Morgan fingerprint density at radius 2 is 2.10 bits per heavy atom. The van der Waals surface area contributed by atoms with Gasteiger partial charge in [-0.1, -0.05) is 0 Å². The molecular weight excluding hydrogens is 268 g/mol. The highest BCUT2D eigenvalue weighted by Crippen LogP contribution is 2.10. The smallest absolute Gasteiger partial charge is 0.319 e. The second-order valence-corrected chi connectivity index (χ2v) is 4.91. The third kappa shape index (κ3) is 4.49. The Bertz CT molecular complexity index is 548. The number of rotatable bonds is 5. The molecule has 6 heteroatoms. The number of nitrogens with zero attached hydrogens (tertiary/aromatic N) is 2. The highest BCUT2D eigenvalue weighted by molar-refractivity contribution is 5.89. The summed E-state index contributed by atoms with van der Waals surface area (Å²) in [7, 11) is 0. The van der Waals surface area contributed by atoms with Crippen LogP contribution in [0.1, 0.15) is 24.8 Å². The van der Waals surface area contributed by atoms with E-state index >= 15 is 0 Å². The van der Waals surface area contributed by atoms with Gasteiger partial charge in [-0.3, -0.25) is 4.79 Å². The van der Waals surface area contributed by atoms with Gasteiger partial charge in [0.25, 0.3) is 0 Å². The van der Waals surface area contributed by atoms with E-state index in [4.69, 9.17) is 5.26 Å². The molecule has 1 aromatic carbocycles. The molecule has 0 unspecified atom stereocenters. The normalized spacial score (nSPS) is 13.9. The second-order valence-electron chi connectivity index (χ2n) is 4.91. The van der Waals surface area contributed by atoms with Crippen LogP contribution in [0, 0.1) is 11.3 Å². The molecular formula is C15H18N4O2. The van der Waals surface area contributed by atoms with Crippen molar-refractivity contribution in [3.63, 3.8) is 0 Å². The molecule has 1 saturated heterocycles. The zero-order valence-electron chi connectivity index (χ0n) is 11.8. The molecule has 21 heavy (non-hydrogen) atoms. The fraction of sp³-hybridized carbons (Fsp3) is 0.400. The first-order chi connectivity index (χ1) is 10.2. The molecule has 3 amide bonds. The molecule has 0 saturated carbocycles. The zero-order valence-corrected chi connectivity index (χ0v) is 11.8. The van der Waals surface area contributed by atoms with Crippen LogP contribution in [-0.4, -0.2) is 36.5 Å². The number of hydrogen-bond acceptors (Lipinski definition) is 3. The van der Waals surface area contributed by atoms with E-state index in [1.807, 2.05) is 11.0 Å². The molecule has 1 aromatic rings. The maximum atomic E-state index is 11.7. The number of likely N-dealkylation sites (tertiary alicyclic amines) is 1. The average Bonchev–Trinajstić information content (AvgIpc) is 2.90. The van der Waals surface area contributed by atoms with Gasteiger partial charge in [0.2, 0.25) is 5.91 Å². The van der Waals surface area contributed by atoms with E-state index in [0.29, 0.717) is 30.8 Å². The van der Waals surface area contributed by atoms with Crippen molar-refractivity contribution in [2.75, 3.05) is 25.0 Å². The summed E-state index contributed by atoms with van der Waals surface area (Å²) in [6.07, 6.45) is 2.32. The minimum absolute atomic E-state index is 0.206. The number of carbonyl (C=O) groups excluding carboxylic acids is 2. The summed E-state index contributed by atoms with van der Waals surface area (Å²) in [6.45, 7) is 2.04. The van der Waals surface area contributed by atoms with Crippen LogP contribution in [0.3, 0.4) is 0 Å². The van der Waals surface area contributed by atoms with Crippen molar-refractivity contribution < 1.29 is 9.59 Å². The summed E-state index contributed by atoms with van der Waals surface area (Å²) >= 11 is 0. The largest absolute Gasteiger partial charge is 0.343 e. The summed E-state index contributed by atoms with van der Waals surface area (Å²) < 4.78 is 0. The van der Waals surface area contributed by atoms with Crippen LogP contribution in [0.5, 0.6) is 0 Å². The van der Waals surface area contributed by atoms with Gasteiger partial charge in [-0.25, -0.2) is 4.79 Å². The van der Waals surface area contributed by atoms with Gasteiger partial charge in [-0.15, -0.1) is 0 Å². The van der Waals surface area contributed by atoms with Gasteiger partial charge in [-0.2, -0.15) is 5.26 Å². The van der Waals surface area contributed by atoms with Gasteiger partial charge in [0.1, 0.15) is 0 Å². The maximum Gasteiger partial charge on any atom is 0.319 e. The Morgan fingerprint density at radius 1 is 1.33 bits per heavy atom. The van der Waals surface area contributed by atoms with E-state index in [1.165, 1.54) is 0 Å². The van der Waals surface area contributed by atoms with Crippen LogP contribution >= 0.6 is 0 Å². The third-order valence-electron chi connectivity index (χ3n) is 3.33. The summed E-state index contributed by atoms with van der Waals surface area (Å²) in [6, 6.07) is 8.39. The van der Waals surface area contributed by atoms with Crippen LogP contribution in [0.15, 0.2) is 24.3 Å². The van der Waals surface area contributed by atoms with Crippen LogP contribution in [0.25, 0.3) is 0 Å². The monoisotopic (exact) mass is 286 g/mol. The van der Waals surface area contributed by atoms with Crippen LogP contribution in [0.2, 0.25) is 0 Å². The van der Waals surface area contributed by atoms with Crippen LogP contribution in [-0.2, 0) is 4.79 Å². The number of urea groups is 1. The van der Waals surface area contributed by atoms with E-state index in [9.17, 15) is 9.59 Å². The molecule has 2 rings (SSSR count). The Hall–Kier alpha value is -2.55. The van der Waals surface area contributed by atoms with Crippen LogP contribution < -0.4 is 10.6 Å². The molecule has 110 valence electrons. The fourth-order valence-electron chi connectivity index (χ4n) is 2.22. The minimum atomic E-state index is -0.285. The highest BCUT2D eigenvalue weighted by Gasteiger charge is 2.18. The lowest BCUT2D eigenvalue weighted by Gasteiger charge is -2.15. The van der Waals surface area contributed by atoms with Crippen molar-refractivity contribution in [2.45, 2.75) is 19.3 Å². The molecule has 2 N–H and O–H groups in total. The molecule has 0 radical (unpaired) electrons. The number of benzene rings is 1. The number of nitriles is 1. The van der Waals surface area contributed by atoms with E-state index in [-0.39, 0.29) is 11.9 Å². The standard InChI is InChI=1S/C15H18N4O2/c16-11-12-4-6-13(7-5-12)18-15(21)17-8-2-10-19-9-1-3-14(19)20/h4-7H,1-3,8-10H2,(H2,17,18,21). The number of nitrogens with one attached hydrogen (secondary N) is 2. The average molecular weight is 286 g/mol. The highest BCUT2D eigenvalue weighted by atomic mass is 16.2. The summed E-state index contributed by atoms with van der Waals surface area (Å²) in [4.78, 5) is 24.9. The topological polar surface area (TPSA) is 85.2 Å². The Labute approximate surface area is 123 Å². The molecule has 1 heterocycles. The first-order valence-corrected chi connectivity index (χ1v) is 7.02. The molecule has 6 nitrogen and oxygen atoms in total. The summed E-state index contributed by atoms with van der Waals surface area (Å²) in [5.74, 6) is 0.206. The number of hydrogen-bond donors (Lipinski definition) is 2. The molecule has 0 aliphatic carbocycles. The molecule has 1 fully saturated rings. The van der Waals surface area contributed by atoms with Gasteiger partial charge in [0, 0.05) is 31.7 Å².